The van der Waals surface area contributed by atoms with Gasteiger partial charge in [-0.05, 0) is 50.3 Å². The second-order valence-electron chi connectivity index (χ2n) is 7.26. The standard InChI is InChI=1S/C21H30N2O3S/c1-6-9-15(25-5)10-8-11-22-16-12-21(3,4)13-17-19(16)27-14-18(23-17)20(24)26-7-2/h6,8-11,18,22H,7,12-14H2,1-5H3/b9-6-,11-8+,15-10+. The molecule has 0 saturated heterocycles. The minimum Gasteiger partial charge on any atom is -0.497 e. The van der Waals surface area contributed by atoms with E-state index in [1.165, 1.54) is 4.91 Å². The number of hydrogen-bond donors (Lipinski definition) is 1. The normalized spacial score (nSPS) is 22.6. The monoisotopic (exact) mass is 390 g/mol. The van der Waals surface area contributed by atoms with Gasteiger partial charge in [0.05, 0.1) is 19.4 Å². The Morgan fingerprint density at radius 1 is 1.41 bits per heavy atom. The van der Waals surface area contributed by atoms with Gasteiger partial charge < -0.3 is 14.8 Å². The molecule has 2 aliphatic rings. The van der Waals surface area contributed by atoms with Crippen molar-refractivity contribution in [2.45, 2.75) is 46.6 Å². The Morgan fingerprint density at radius 3 is 2.85 bits per heavy atom. The van der Waals surface area contributed by atoms with Crippen LogP contribution in [0, 0.1) is 5.41 Å². The Balaban J connectivity index is 2.19. The van der Waals surface area contributed by atoms with E-state index in [-0.39, 0.29) is 11.4 Å². The second-order valence-corrected chi connectivity index (χ2v) is 8.29. The van der Waals surface area contributed by atoms with Gasteiger partial charge in [0, 0.05) is 22.6 Å². The molecule has 0 aromatic rings. The molecule has 1 unspecified atom stereocenters. The van der Waals surface area contributed by atoms with Gasteiger partial charge in [-0.2, -0.15) is 0 Å². The van der Waals surface area contributed by atoms with E-state index in [9.17, 15) is 4.79 Å². The molecule has 0 saturated carbocycles. The Bertz CT molecular complexity index is 702. The average Bonchev–Trinajstić information content (AvgIpc) is 2.62. The van der Waals surface area contributed by atoms with E-state index in [0.29, 0.717) is 12.4 Å². The summed E-state index contributed by atoms with van der Waals surface area (Å²) in [4.78, 5) is 18.0. The van der Waals surface area contributed by atoms with Crippen LogP contribution in [-0.4, -0.2) is 37.2 Å². The number of aliphatic imine (C=N–C) groups is 1. The zero-order chi connectivity index (χ0) is 19.9. The molecule has 0 spiro atoms. The van der Waals surface area contributed by atoms with Crippen LogP contribution < -0.4 is 5.32 Å². The molecule has 0 amide bonds. The van der Waals surface area contributed by atoms with E-state index in [2.05, 4.69) is 19.2 Å². The Kier molecular flexibility index (Phi) is 7.78. The number of rotatable bonds is 7. The third-order valence-electron chi connectivity index (χ3n) is 4.27. The van der Waals surface area contributed by atoms with Crippen molar-refractivity contribution in [2.24, 2.45) is 10.4 Å². The summed E-state index contributed by atoms with van der Waals surface area (Å²) >= 11 is 1.70. The van der Waals surface area contributed by atoms with Gasteiger partial charge in [0.15, 0.2) is 6.04 Å². The number of esters is 1. The number of nitrogens with one attached hydrogen (secondary N) is 1. The number of carbonyl (C=O) groups excluding carboxylic acids is 1. The van der Waals surface area contributed by atoms with Gasteiger partial charge in [0.25, 0.3) is 0 Å². The summed E-state index contributed by atoms with van der Waals surface area (Å²) in [6.07, 6.45) is 11.4. The number of hydrogen-bond acceptors (Lipinski definition) is 6. The third-order valence-corrected chi connectivity index (χ3v) is 5.53. The van der Waals surface area contributed by atoms with Crippen LogP contribution in [0.2, 0.25) is 0 Å². The van der Waals surface area contributed by atoms with Gasteiger partial charge >= 0.3 is 5.97 Å². The molecule has 1 aliphatic carbocycles. The highest BCUT2D eigenvalue weighted by Gasteiger charge is 2.36. The van der Waals surface area contributed by atoms with Crippen LogP contribution in [0.15, 0.2) is 51.9 Å². The van der Waals surface area contributed by atoms with E-state index in [4.69, 9.17) is 14.5 Å². The summed E-state index contributed by atoms with van der Waals surface area (Å²) in [5.74, 6) is 1.20. The molecule has 6 heteroatoms. The Hall–Kier alpha value is -1.95. The topological polar surface area (TPSA) is 59.9 Å². The first kappa shape index (κ1) is 21.4. The fraction of sp³-hybridized carbons (Fsp3) is 0.524. The van der Waals surface area contributed by atoms with Gasteiger partial charge in [0.2, 0.25) is 0 Å². The molecule has 1 N–H and O–H groups in total. The van der Waals surface area contributed by atoms with Crippen LogP contribution in [0.4, 0.5) is 0 Å². The number of carbonyl (C=O) groups is 1. The SMILES string of the molecule is C\C=C/C(=C\C=C\NC1=C2SCC(C(=O)OCC)N=C2CC(C)(C)C1)OC. The molecule has 148 valence electrons. The third kappa shape index (κ3) is 6.03. The molecule has 27 heavy (non-hydrogen) atoms. The zero-order valence-electron chi connectivity index (χ0n) is 16.9. The van der Waals surface area contributed by atoms with Crippen LogP contribution in [-0.2, 0) is 14.3 Å². The van der Waals surface area contributed by atoms with E-state index in [1.54, 1.807) is 18.9 Å². The fourth-order valence-corrected chi connectivity index (χ4v) is 4.25. The van der Waals surface area contributed by atoms with Crippen molar-refractivity contribution >= 4 is 23.4 Å². The van der Waals surface area contributed by atoms with Crippen molar-refractivity contribution in [3.05, 3.63) is 46.9 Å². The number of nitrogens with zero attached hydrogens (tertiary/aromatic N) is 1. The lowest BCUT2D eigenvalue weighted by Gasteiger charge is -2.36. The van der Waals surface area contributed by atoms with Gasteiger partial charge in [0.1, 0.15) is 5.76 Å². The summed E-state index contributed by atoms with van der Waals surface area (Å²) in [7, 11) is 1.66. The first-order valence-electron chi connectivity index (χ1n) is 9.30. The van der Waals surface area contributed by atoms with Gasteiger partial charge in [-0.3, -0.25) is 4.99 Å². The summed E-state index contributed by atoms with van der Waals surface area (Å²) < 4.78 is 10.4. The van der Waals surface area contributed by atoms with Crippen LogP contribution in [0.1, 0.15) is 40.5 Å². The molecule has 0 bridgehead atoms. The number of ether oxygens (including phenoxy) is 2. The van der Waals surface area contributed by atoms with E-state index < -0.39 is 6.04 Å². The van der Waals surface area contributed by atoms with Crippen LogP contribution >= 0.6 is 11.8 Å². The predicted molar refractivity (Wildman–Crippen MR) is 113 cm³/mol. The average molecular weight is 391 g/mol. The van der Waals surface area contributed by atoms with E-state index in [1.807, 2.05) is 44.4 Å². The lowest BCUT2D eigenvalue weighted by atomic mass is 9.78. The molecule has 0 fully saturated rings. The van der Waals surface area contributed by atoms with Crippen LogP contribution in [0.25, 0.3) is 0 Å². The van der Waals surface area contributed by atoms with Crippen molar-refractivity contribution in [1.82, 2.24) is 5.32 Å². The fourth-order valence-electron chi connectivity index (χ4n) is 3.11. The minimum atomic E-state index is -0.396. The highest BCUT2D eigenvalue weighted by molar-refractivity contribution is 8.04. The molecule has 2 rings (SSSR count). The highest BCUT2D eigenvalue weighted by Crippen LogP contribution is 2.42. The Labute approximate surface area is 166 Å². The molecular formula is C21H30N2O3S. The lowest BCUT2D eigenvalue weighted by molar-refractivity contribution is -0.143. The van der Waals surface area contributed by atoms with Gasteiger partial charge in [-0.25, -0.2) is 4.79 Å². The smallest absolute Gasteiger partial charge is 0.331 e. The zero-order valence-corrected chi connectivity index (χ0v) is 17.7. The number of thioether (sulfide) groups is 1. The maximum absolute atomic E-state index is 12.1. The summed E-state index contributed by atoms with van der Waals surface area (Å²) in [5.41, 5.74) is 2.26. The number of fused-ring (bicyclic) bond motifs is 1. The minimum absolute atomic E-state index is 0.0914. The van der Waals surface area contributed by atoms with Crippen molar-refractivity contribution in [3.63, 3.8) is 0 Å². The summed E-state index contributed by atoms with van der Waals surface area (Å²) in [5, 5.41) is 3.42. The molecule has 1 heterocycles. The molecule has 0 aromatic heterocycles. The molecule has 0 aromatic carbocycles. The quantitative estimate of drug-likeness (QED) is 0.398. The number of methoxy groups -OCH3 is 1. The molecule has 5 nitrogen and oxygen atoms in total. The summed E-state index contributed by atoms with van der Waals surface area (Å²) in [6.45, 7) is 8.62. The second kappa shape index (κ2) is 9.83. The molecular weight excluding hydrogens is 360 g/mol. The van der Waals surface area contributed by atoms with Crippen LogP contribution in [0.5, 0.6) is 0 Å². The molecule has 1 atom stereocenters. The van der Waals surface area contributed by atoms with E-state index in [0.717, 1.165) is 30.0 Å². The Morgan fingerprint density at radius 2 is 2.19 bits per heavy atom. The molecule has 0 radical (unpaired) electrons. The van der Waals surface area contributed by atoms with E-state index >= 15 is 0 Å². The van der Waals surface area contributed by atoms with Crippen molar-refractivity contribution < 1.29 is 14.3 Å². The highest BCUT2D eigenvalue weighted by atomic mass is 32.2. The number of allylic oxidation sites excluding steroid dienone is 6. The first-order chi connectivity index (χ1) is 12.9. The van der Waals surface area contributed by atoms with Crippen molar-refractivity contribution in [1.29, 1.82) is 0 Å². The van der Waals surface area contributed by atoms with Crippen LogP contribution in [0.3, 0.4) is 0 Å². The maximum atomic E-state index is 12.1. The van der Waals surface area contributed by atoms with Crippen molar-refractivity contribution in [3.8, 4) is 0 Å². The first-order valence-corrected chi connectivity index (χ1v) is 10.3. The van der Waals surface area contributed by atoms with Crippen molar-refractivity contribution in [2.75, 3.05) is 19.5 Å². The predicted octanol–water partition coefficient (Wildman–Crippen LogP) is 4.35. The molecule has 1 aliphatic heterocycles. The van der Waals surface area contributed by atoms with Gasteiger partial charge in [-0.1, -0.05) is 19.9 Å². The largest absolute Gasteiger partial charge is 0.497 e. The maximum Gasteiger partial charge on any atom is 0.331 e. The van der Waals surface area contributed by atoms with Gasteiger partial charge in [-0.15, -0.1) is 11.8 Å². The summed E-state index contributed by atoms with van der Waals surface area (Å²) in [6, 6.07) is -0.396. The lowest BCUT2D eigenvalue weighted by Crippen LogP contribution is -2.35.